The average molecular weight is 474 g/mol. The minimum Gasteiger partial charge on any atom is -0.490 e. The summed E-state index contributed by atoms with van der Waals surface area (Å²) in [5.74, 6) is -0.254. The molecule has 0 saturated heterocycles. The molecule has 2 heterocycles. The van der Waals surface area contributed by atoms with Gasteiger partial charge in [0.25, 0.3) is 5.91 Å². The zero-order valence-electron chi connectivity index (χ0n) is 16.4. The SMILES string of the molecule is O=C(Nc1nnc(SCC(O)COc2cc(=O)oc3ccccc23)s1)c1ccc(F)cc1. The molecule has 0 aliphatic heterocycles. The second-order valence-electron chi connectivity index (χ2n) is 6.54. The smallest absolute Gasteiger partial charge is 0.339 e. The van der Waals surface area contributed by atoms with Crippen LogP contribution in [0.25, 0.3) is 11.0 Å². The molecule has 0 radical (unpaired) electrons. The summed E-state index contributed by atoms with van der Waals surface area (Å²) in [5, 5.41) is 21.6. The number of benzene rings is 2. The van der Waals surface area contributed by atoms with Gasteiger partial charge >= 0.3 is 5.63 Å². The van der Waals surface area contributed by atoms with Crippen molar-refractivity contribution in [1.29, 1.82) is 0 Å². The lowest BCUT2D eigenvalue weighted by Crippen LogP contribution is -2.20. The van der Waals surface area contributed by atoms with E-state index in [1.165, 1.54) is 42.1 Å². The molecule has 0 aliphatic rings. The molecule has 1 amide bonds. The van der Waals surface area contributed by atoms with E-state index in [0.717, 1.165) is 11.3 Å². The predicted octanol–water partition coefficient (Wildman–Crippen LogP) is 3.57. The van der Waals surface area contributed by atoms with E-state index < -0.39 is 23.5 Å². The van der Waals surface area contributed by atoms with E-state index >= 15 is 0 Å². The second-order valence-corrected chi connectivity index (χ2v) is 8.78. The van der Waals surface area contributed by atoms with E-state index in [-0.39, 0.29) is 17.5 Å². The molecule has 1 unspecified atom stereocenters. The Labute approximate surface area is 189 Å². The summed E-state index contributed by atoms with van der Waals surface area (Å²) < 4.78 is 24.3. The van der Waals surface area contributed by atoms with Crippen LogP contribution in [0.2, 0.25) is 0 Å². The van der Waals surface area contributed by atoms with Crippen molar-refractivity contribution in [3.05, 3.63) is 76.4 Å². The first-order valence-corrected chi connectivity index (χ1v) is 11.1. The zero-order chi connectivity index (χ0) is 22.5. The largest absolute Gasteiger partial charge is 0.490 e. The fraction of sp³-hybridized carbons (Fsp3) is 0.143. The lowest BCUT2D eigenvalue weighted by molar-refractivity contribution is 0.102. The number of ether oxygens (including phenoxy) is 1. The van der Waals surface area contributed by atoms with Gasteiger partial charge in [0.2, 0.25) is 5.13 Å². The number of nitrogens with one attached hydrogen (secondary N) is 1. The van der Waals surface area contributed by atoms with Gasteiger partial charge in [-0.25, -0.2) is 9.18 Å². The Kier molecular flexibility index (Phi) is 6.78. The van der Waals surface area contributed by atoms with Gasteiger partial charge in [0, 0.05) is 11.3 Å². The fourth-order valence-corrected chi connectivity index (χ4v) is 4.37. The number of carbonyl (C=O) groups is 1. The molecule has 2 aromatic heterocycles. The number of anilines is 1. The molecule has 0 fully saturated rings. The van der Waals surface area contributed by atoms with E-state index in [0.29, 0.717) is 26.6 Å². The number of fused-ring (bicyclic) bond motifs is 1. The quantitative estimate of drug-likeness (QED) is 0.227. The highest BCUT2D eigenvalue weighted by molar-refractivity contribution is 8.01. The first kappa shape index (κ1) is 21.9. The summed E-state index contributed by atoms with van der Waals surface area (Å²) in [6, 6.07) is 13.4. The maximum absolute atomic E-state index is 13.0. The van der Waals surface area contributed by atoms with E-state index in [2.05, 4.69) is 15.5 Å². The number of halogens is 1. The molecule has 0 bridgehead atoms. The number of hydrogen-bond donors (Lipinski definition) is 2. The molecule has 4 rings (SSSR count). The minimum atomic E-state index is -0.841. The van der Waals surface area contributed by atoms with Crippen LogP contribution in [0.15, 0.2) is 68.1 Å². The monoisotopic (exact) mass is 473 g/mol. The molecule has 2 N–H and O–H groups in total. The van der Waals surface area contributed by atoms with Crippen LogP contribution in [0.5, 0.6) is 5.75 Å². The fourth-order valence-electron chi connectivity index (χ4n) is 2.69. The number of para-hydroxylation sites is 1. The number of thioether (sulfide) groups is 1. The van der Waals surface area contributed by atoms with Gasteiger partial charge in [0.1, 0.15) is 23.8 Å². The minimum absolute atomic E-state index is 0.0343. The highest BCUT2D eigenvalue weighted by Crippen LogP contribution is 2.27. The standard InChI is InChI=1S/C21H16FN3O5S2/c22-13-7-5-12(6-8-13)19(28)23-20-24-25-21(32-20)31-11-14(26)10-29-17-9-18(27)30-16-4-2-1-3-15(16)17/h1-9,14,26H,10-11H2,(H,23,24,28). The predicted molar refractivity (Wildman–Crippen MR) is 119 cm³/mol. The topological polar surface area (TPSA) is 115 Å². The van der Waals surface area contributed by atoms with Crippen molar-refractivity contribution < 1.29 is 23.4 Å². The average Bonchev–Trinajstić information content (AvgIpc) is 3.23. The summed E-state index contributed by atoms with van der Waals surface area (Å²) in [7, 11) is 0. The van der Waals surface area contributed by atoms with Crippen molar-refractivity contribution in [2.24, 2.45) is 0 Å². The summed E-state index contributed by atoms with van der Waals surface area (Å²) in [4.78, 5) is 23.8. The molecule has 4 aromatic rings. The Balaban J connectivity index is 1.29. The third kappa shape index (κ3) is 5.49. The zero-order valence-corrected chi connectivity index (χ0v) is 18.0. The Bertz CT molecular complexity index is 1290. The highest BCUT2D eigenvalue weighted by atomic mass is 32.2. The van der Waals surface area contributed by atoms with Crippen molar-refractivity contribution in [2.45, 2.75) is 10.4 Å². The van der Waals surface area contributed by atoms with Crippen molar-refractivity contribution in [2.75, 3.05) is 17.7 Å². The first-order chi connectivity index (χ1) is 15.5. The molecule has 8 nitrogen and oxygen atoms in total. The number of carbonyl (C=O) groups excluding carboxylic acids is 1. The van der Waals surface area contributed by atoms with Crippen LogP contribution in [0.3, 0.4) is 0 Å². The van der Waals surface area contributed by atoms with Gasteiger partial charge in [-0.2, -0.15) is 0 Å². The molecule has 0 aliphatic carbocycles. The highest BCUT2D eigenvalue weighted by Gasteiger charge is 2.14. The number of amides is 1. The first-order valence-electron chi connectivity index (χ1n) is 9.35. The molecule has 1 atom stereocenters. The molecular weight excluding hydrogens is 457 g/mol. The lowest BCUT2D eigenvalue weighted by Gasteiger charge is -2.12. The van der Waals surface area contributed by atoms with Gasteiger partial charge in [-0.15, -0.1) is 10.2 Å². The molecule has 0 saturated carbocycles. The second kappa shape index (κ2) is 9.90. The Morgan fingerprint density at radius 2 is 2.00 bits per heavy atom. The number of aliphatic hydroxyl groups is 1. The summed E-state index contributed by atoms with van der Waals surface area (Å²) in [6.07, 6.45) is -0.841. The van der Waals surface area contributed by atoms with Crippen LogP contribution in [-0.2, 0) is 0 Å². The van der Waals surface area contributed by atoms with Gasteiger partial charge in [0.05, 0.1) is 17.6 Å². The van der Waals surface area contributed by atoms with Crippen LogP contribution in [0.1, 0.15) is 10.4 Å². The number of aromatic nitrogens is 2. The molecule has 11 heteroatoms. The van der Waals surface area contributed by atoms with Crippen LogP contribution < -0.4 is 15.7 Å². The van der Waals surface area contributed by atoms with E-state index in [9.17, 15) is 19.1 Å². The Hall–Kier alpha value is -3.28. The number of aliphatic hydroxyl groups excluding tert-OH is 1. The van der Waals surface area contributed by atoms with E-state index in [1.54, 1.807) is 24.3 Å². The Morgan fingerprint density at radius 1 is 1.22 bits per heavy atom. The van der Waals surface area contributed by atoms with Crippen molar-refractivity contribution in [3.8, 4) is 5.75 Å². The van der Waals surface area contributed by atoms with Gasteiger partial charge in [0.15, 0.2) is 4.34 Å². The van der Waals surface area contributed by atoms with Crippen molar-refractivity contribution >= 4 is 45.1 Å². The van der Waals surface area contributed by atoms with Gasteiger partial charge in [-0.3, -0.25) is 10.1 Å². The molecule has 164 valence electrons. The normalized spacial score (nSPS) is 11.9. The van der Waals surface area contributed by atoms with E-state index in [4.69, 9.17) is 9.15 Å². The van der Waals surface area contributed by atoms with Crippen molar-refractivity contribution in [3.63, 3.8) is 0 Å². The van der Waals surface area contributed by atoms with E-state index in [1.807, 2.05) is 0 Å². The third-order valence-electron chi connectivity index (χ3n) is 4.18. The van der Waals surface area contributed by atoms with Crippen LogP contribution in [0, 0.1) is 5.82 Å². The van der Waals surface area contributed by atoms with Crippen LogP contribution >= 0.6 is 23.1 Å². The maximum atomic E-state index is 13.0. The van der Waals surface area contributed by atoms with Crippen molar-refractivity contribution in [1.82, 2.24) is 10.2 Å². The third-order valence-corrected chi connectivity index (χ3v) is 6.29. The molecular formula is C21H16FN3O5S2. The number of nitrogens with zero attached hydrogens (tertiary/aromatic N) is 2. The summed E-state index contributed by atoms with van der Waals surface area (Å²) >= 11 is 2.40. The number of rotatable bonds is 8. The lowest BCUT2D eigenvalue weighted by atomic mass is 10.2. The summed E-state index contributed by atoms with van der Waals surface area (Å²) in [6.45, 7) is -0.0343. The molecule has 2 aromatic carbocycles. The molecule has 0 spiro atoms. The molecule has 32 heavy (non-hydrogen) atoms. The van der Waals surface area contributed by atoms with Crippen LogP contribution in [0.4, 0.5) is 9.52 Å². The maximum Gasteiger partial charge on any atom is 0.339 e. The van der Waals surface area contributed by atoms with Crippen LogP contribution in [-0.4, -0.2) is 39.7 Å². The van der Waals surface area contributed by atoms with Gasteiger partial charge < -0.3 is 14.3 Å². The van der Waals surface area contributed by atoms with Gasteiger partial charge in [-0.05, 0) is 36.4 Å². The number of hydrogen-bond acceptors (Lipinski definition) is 9. The Morgan fingerprint density at radius 3 is 2.81 bits per heavy atom. The summed E-state index contributed by atoms with van der Waals surface area (Å²) in [5.41, 5.74) is 0.167. The van der Waals surface area contributed by atoms with Gasteiger partial charge in [-0.1, -0.05) is 35.2 Å².